The number of hydrogen-bond donors (Lipinski definition) is 3. The van der Waals surface area contributed by atoms with Crippen molar-refractivity contribution in [1.29, 1.82) is 0 Å². The SMILES string of the molecule is NC(=O)c1nn(NC(=O)N2[C@@H]3C[C@@H]3C[C@H]2C(=O)NCc2cccc(Cl)c2F)c2ccccc12. The van der Waals surface area contributed by atoms with Gasteiger partial charge in [0, 0.05) is 23.5 Å². The van der Waals surface area contributed by atoms with Crippen LogP contribution in [0, 0.1) is 11.7 Å². The number of fused-ring (bicyclic) bond motifs is 2. The van der Waals surface area contributed by atoms with E-state index >= 15 is 0 Å². The molecule has 2 aliphatic rings. The quantitative estimate of drug-likeness (QED) is 0.529. The molecule has 1 aliphatic heterocycles. The second kappa shape index (κ2) is 8.04. The molecule has 33 heavy (non-hydrogen) atoms. The van der Waals surface area contributed by atoms with Gasteiger partial charge in [-0.2, -0.15) is 4.79 Å². The summed E-state index contributed by atoms with van der Waals surface area (Å²) in [6, 6.07) is 10.2. The molecule has 1 aliphatic carbocycles. The summed E-state index contributed by atoms with van der Waals surface area (Å²) in [6.07, 6.45) is 1.33. The highest BCUT2D eigenvalue weighted by atomic mass is 35.5. The van der Waals surface area contributed by atoms with Crippen molar-refractivity contribution in [3.8, 4) is 0 Å². The van der Waals surface area contributed by atoms with E-state index in [-0.39, 0.29) is 40.7 Å². The van der Waals surface area contributed by atoms with Crippen molar-refractivity contribution in [1.82, 2.24) is 20.1 Å². The Bertz CT molecular complexity index is 1290. The van der Waals surface area contributed by atoms with Gasteiger partial charge in [-0.1, -0.05) is 41.9 Å². The minimum absolute atomic E-state index is 0.0216. The lowest BCUT2D eigenvalue weighted by Gasteiger charge is -2.27. The molecule has 0 bridgehead atoms. The third kappa shape index (κ3) is 3.76. The van der Waals surface area contributed by atoms with Gasteiger partial charge in [0.25, 0.3) is 5.91 Å². The fourth-order valence-electron chi connectivity index (χ4n) is 4.45. The van der Waals surface area contributed by atoms with Gasteiger partial charge in [-0.3, -0.25) is 9.59 Å². The standard InChI is InChI=1S/C22H20ClFN6O3/c23-14-6-3-4-11(18(14)24)10-26-21(32)17-9-12-8-16(12)29(17)22(33)28-30-15-7-2-1-5-13(15)19(27-30)20(25)31/h1-7,12,16-17H,8-10H2,(H2,25,31)(H,26,32)(H,28,33)/t12-,16-,17+/m1/s1. The summed E-state index contributed by atoms with van der Waals surface area (Å²) in [5, 5.41) is 7.32. The van der Waals surface area contributed by atoms with Gasteiger partial charge in [-0.05, 0) is 30.9 Å². The van der Waals surface area contributed by atoms with Crippen LogP contribution < -0.4 is 16.5 Å². The number of rotatable bonds is 5. The number of para-hydroxylation sites is 1. The highest BCUT2D eigenvalue weighted by Crippen LogP contribution is 2.48. The zero-order chi connectivity index (χ0) is 23.3. The lowest BCUT2D eigenvalue weighted by Crippen LogP contribution is -2.50. The molecule has 3 atom stereocenters. The molecule has 2 fully saturated rings. The number of nitrogens with two attached hydrogens (primary N) is 1. The van der Waals surface area contributed by atoms with Crippen molar-refractivity contribution in [2.45, 2.75) is 31.5 Å². The van der Waals surface area contributed by atoms with E-state index in [2.05, 4.69) is 15.8 Å². The number of carbonyl (C=O) groups is 3. The Morgan fingerprint density at radius 1 is 1.15 bits per heavy atom. The van der Waals surface area contributed by atoms with Gasteiger partial charge in [-0.25, -0.2) is 14.6 Å². The maximum Gasteiger partial charge on any atom is 0.338 e. The largest absolute Gasteiger partial charge is 0.364 e. The van der Waals surface area contributed by atoms with Crippen LogP contribution in [-0.2, 0) is 11.3 Å². The number of benzene rings is 2. The molecule has 1 saturated heterocycles. The number of aromatic nitrogens is 2. The van der Waals surface area contributed by atoms with E-state index in [1.54, 1.807) is 30.3 Å². The highest BCUT2D eigenvalue weighted by Gasteiger charge is 2.56. The molecule has 0 radical (unpaired) electrons. The topological polar surface area (TPSA) is 122 Å². The average Bonchev–Trinajstić information content (AvgIpc) is 3.30. The van der Waals surface area contributed by atoms with Crippen molar-refractivity contribution in [2.24, 2.45) is 11.7 Å². The summed E-state index contributed by atoms with van der Waals surface area (Å²) in [5.74, 6) is -1.43. The van der Waals surface area contributed by atoms with Crippen LogP contribution >= 0.6 is 11.6 Å². The van der Waals surface area contributed by atoms with Crippen LogP contribution in [0.4, 0.5) is 9.18 Å². The molecule has 3 aromatic rings. The minimum atomic E-state index is -0.715. The molecule has 0 spiro atoms. The first-order valence-corrected chi connectivity index (χ1v) is 10.8. The molecule has 2 heterocycles. The fourth-order valence-corrected chi connectivity index (χ4v) is 4.64. The molecule has 11 heteroatoms. The first-order valence-electron chi connectivity index (χ1n) is 10.4. The van der Waals surface area contributed by atoms with Gasteiger partial charge in [0.15, 0.2) is 5.69 Å². The summed E-state index contributed by atoms with van der Waals surface area (Å²) in [7, 11) is 0. The predicted octanol–water partition coefficient (Wildman–Crippen LogP) is 2.37. The number of primary amides is 1. The Hall–Kier alpha value is -3.66. The molecule has 5 rings (SSSR count). The van der Waals surface area contributed by atoms with E-state index in [4.69, 9.17) is 17.3 Å². The zero-order valence-electron chi connectivity index (χ0n) is 17.3. The minimum Gasteiger partial charge on any atom is -0.364 e. The summed E-state index contributed by atoms with van der Waals surface area (Å²) < 4.78 is 14.1. The van der Waals surface area contributed by atoms with E-state index in [0.717, 1.165) is 6.42 Å². The zero-order valence-corrected chi connectivity index (χ0v) is 18.1. The molecule has 9 nitrogen and oxygen atoms in total. The molecule has 4 N–H and O–H groups in total. The van der Waals surface area contributed by atoms with Crippen LogP contribution in [0.2, 0.25) is 5.02 Å². The van der Waals surface area contributed by atoms with E-state index < -0.39 is 23.8 Å². The predicted molar refractivity (Wildman–Crippen MR) is 118 cm³/mol. The highest BCUT2D eigenvalue weighted by molar-refractivity contribution is 6.30. The number of piperidine rings is 1. The first-order chi connectivity index (χ1) is 15.8. The maximum absolute atomic E-state index is 14.1. The number of halogens is 2. The van der Waals surface area contributed by atoms with Crippen LogP contribution in [0.15, 0.2) is 42.5 Å². The van der Waals surface area contributed by atoms with Crippen molar-refractivity contribution in [3.05, 3.63) is 64.6 Å². The van der Waals surface area contributed by atoms with E-state index in [1.807, 2.05) is 0 Å². The molecular weight excluding hydrogens is 451 g/mol. The van der Waals surface area contributed by atoms with E-state index in [9.17, 15) is 18.8 Å². The number of hydrogen-bond acceptors (Lipinski definition) is 4. The fraction of sp³-hybridized carbons (Fsp3) is 0.273. The summed E-state index contributed by atoms with van der Waals surface area (Å²) in [5.41, 5.74) is 8.87. The Balaban J connectivity index is 1.33. The number of likely N-dealkylation sites (tertiary alicyclic amines) is 1. The summed E-state index contributed by atoms with van der Waals surface area (Å²) in [4.78, 5) is 40.5. The molecule has 1 saturated carbocycles. The lowest BCUT2D eigenvalue weighted by atomic mass is 10.1. The molecular formula is C22H20ClFN6O3. The van der Waals surface area contributed by atoms with Crippen LogP contribution in [0.25, 0.3) is 10.9 Å². The van der Waals surface area contributed by atoms with Gasteiger partial charge in [0.05, 0.1) is 10.5 Å². The molecule has 0 unspecified atom stereocenters. The number of nitrogens with one attached hydrogen (secondary N) is 2. The first kappa shape index (κ1) is 21.2. The van der Waals surface area contributed by atoms with Gasteiger partial charge in [-0.15, -0.1) is 5.10 Å². The second-order valence-corrected chi connectivity index (χ2v) is 8.62. The second-order valence-electron chi connectivity index (χ2n) is 8.21. The number of nitrogens with zero attached hydrogens (tertiary/aromatic N) is 3. The Labute approximate surface area is 192 Å². The molecule has 1 aromatic heterocycles. The monoisotopic (exact) mass is 470 g/mol. The average molecular weight is 471 g/mol. The van der Waals surface area contributed by atoms with Crippen LogP contribution in [0.3, 0.4) is 0 Å². The number of amides is 4. The third-order valence-electron chi connectivity index (χ3n) is 6.15. The van der Waals surface area contributed by atoms with E-state index in [0.29, 0.717) is 17.3 Å². The number of urea groups is 1. The summed E-state index contributed by atoms with van der Waals surface area (Å²) >= 11 is 5.80. The Kier molecular flexibility index (Phi) is 5.16. The van der Waals surface area contributed by atoms with Crippen molar-refractivity contribution in [3.63, 3.8) is 0 Å². The maximum atomic E-state index is 14.1. The molecule has 2 aromatic carbocycles. The molecule has 170 valence electrons. The normalized spacial score (nSPS) is 21.0. The van der Waals surface area contributed by atoms with Crippen LogP contribution in [-0.4, -0.2) is 44.7 Å². The van der Waals surface area contributed by atoms with Crippen molar-refractivity contribution >= 4 is 40.3 Å². The molecule has 4 amide bonds. The van der Waals surface area contributed by atoms with Crippen LogP contribution in [0.5, 0.6) is 0 Å². The van der Waals surface area contributed by atoms with Gasteiger partial charge >= 0.3 is 6.03 Å². The number of carbonyl (C=O) groups excluding carboxylic acids is 3. The smallest absolute Gasteiger partial charge is 0.338 e. The third-order valence-corrected chi connectivity index (χ3v) is 6.44. The van der Waals surface area contributed by atoms with Crippen LogP contribution in [0.1, 0.15) is 28.9 Å². The van der Waals surface area contributed by atoms with Gasteiger partial charge < -0.3 is 16.0 Å². The van der Waals surface area contributed by atoms with Crippen molar-refractivity contribution < 1.29 is 18.8 Å². The Morgan fingerprint density at radius 2 is 1.94 bits per heavy atom. The lowest BCUT2D eigenvalue weighted by molar-refractivity contribution is -0.125. The Morgan fingerprint density at radius 3 is 2.73 bits per heavy atom. The van der Waals surface area contributed by atoms with E-state index in [1.165, 1.54) is 21.8 Å². The van der Waals surface area contributed by atoms with Gasteiger partial charge in [0.2, 0.25) is 5.91 Å². The van der Waals surface area contributed by atoms with Crippen molar-refractivity contribution in [2.75, 3.05) is 5.43 Å². The summed E-state index contributed by atoms with van der Waals surface area (Å²) in [6.45, 7) is -0.0434. The van der Waals surface area contributed by atoms with Gasteiger partial charge in [0.1, 0.15) is 11.9 Å².